The quantitative estimate of drug-likeness (QED) is 0.905. The summed E-state index contributed by atoms with van der Waals surface area (Å²) >= 11 is 6.04. The number of benzene rings is 1. The number of halogens is 1. The zero-order valence-electron chi connectivity index (χ0n) is 9.35. The third kappa shape index (κ3) is 3.07. The zero-order chi connectivity index (χ0) is 12.1. The highest BCUT2D eigenvalue weighted by molar-refractivity contribution is 6.31. The summed E-state index contributed by atoms with van der Waals surface area (Å²) in [6, 6.07) is 7.65. The molecular formula is C12H12ClN3O. The molecule has 1 heterocycles. The zero-order valence-corrected chi connectivity index (χ0v) is 10.1. The van der Waals surface area contributed by atoms with E-state index in [9.17, 15) is 0 Å². The van der Waals surface area contributed by atoms with Crippen LogP contribution in [0.25, 0.3) is 0 Å². The molecule has 0 spiro atoms. The van der Waals surface area contributed by atoms with Gasteiger partial charge in [0, 0.05) is 11.6 Å². The number of rotatable bonds is 4. The lowest BCUT2D eigenvalue weighted by atomic mass is 10.2. The minimum absolute atomic E-state index is 0.547. The highest BCUT2D eigenvalue weighted by Gasteiger charge is 2.00. The number of anilines is 1. The minimum Gasteiger partial charge on any atom is -0.494 e. The third-order valence-electron chi connectivity index (χ3n) is 2.26. The van der Waals surface area contributed by atoms with Crippen LogP contribution in [0.4, 0.5) is 5.95 Å². The van der Waals surface area contributed by atoms with Crippen LogP contribution in [0.15, 0.2) is 36.7 Å². The Morgan fingerprint density at radius 3 is 2.59 bits per heavy atom. The molecule has 0 radical (unpaired) electrons. The van der Waals surface area contributed by atoms with Crippen molar-refractivity contribution in [3.8, 4) is 5.75 Å². The Kier molecular flexibility index (Phi) is 3.77. The maximum atomic E-state index is 6.04. The normalized spacial score (nSPS) is 10.0. The molecule has 17 heavy (non-hydrogen) atoms. The van der Waals surface area contributed by atoms with Crippen LogP contribution >= 0.6 is 11.6 Å². The predicted octanol–water partition coefficient (Wildman–Crippen LogP) is 2.75. The number of aromatic nitrogens is 2. The van der Waals surface area contributed by atoms with Crippen molar-refractivity contribution >= 4 is 17.5 Å². The van der Waals surface area contributed by atoms with Crippen molar-refractivity contribution < 1.29 is 4.74 Å². The molecule has 1 N–H and O–H groups in total. The summed E-state index contributed by atoms with van der Waals surface area (Å²) in [7, 11) is 1.58. The lowest BCUT2D eigenvalue weighted by Gasteiger charge is -2.06. The highest BCUT2D eigenvalue weighted by atomic mass is 35.5. The monoisotopic (exact) mass is 249 g/mol. The standard InChI is InChI=1S/C12H12ClN3O/c1-17-10-7-15-12(16-8-10)14-6-9-4-2-3-5-11(9)13/h2-5,7-8H,6H2,1H3,(H,14,15,16). The number of ether oxygens (including phenoxy) is 1. The molecule has 0 aliphatic carbocycles. The molecule has 0 unspecified atom stereocenters. The first-order valence-electron chi connectivity index (χ1n) is 5.13. The Morgan fingerprint density at radius 2 is 1.94 bits per heavy atom. The van der Waals surface area contributed by atoms with Crippen LogP contribution in [-0.2, 0) is 6.54 Å². The van der Waals surface area contributed by atoms with Crippen molar-refractivity contribution in [2.24, 2.45) is 0 Å². The lowest BCUT2D eigenvalue weighted by molar-refractivity contribution is 0.411. The van der Waals surface area contributed by atoms with Gasteiger partial charge in [0.2, 0.25) is 5.95 Å². The van der Waals surface area contributed by atoms with Crippen molar-refractivity contribution in [1.82, 2.24) is 9.97 Å². The molecule has 2 rings (SSSR count). The molecule has 5 heteroatoms. The van der Waals surface area contributed by atoms with Gasteiger partial charge in [-0.2, -0.15) is 0 Å². The van der Waals surface area contributed by atoms with E-state index in [-0.39, 0.29) is 0 Å². The molecule has 0 bridgehead atoms. The van der Waals surface area contributed by atoms with Crippen LogP contribution in [0.2, 0.25) is 5.02 Å². The molecule has 0 atom stereocenters. The van der Waals surface area contributed by atoms with Gasteiger partial charge in [-0.3, -0.25) is 0 Å². The largest absolute Gasteiger partial charge is 0.494 e. The first-order chi connectivity index (χ1) is 8.29. The van der Waals surface area contributed by atoms with Gasteiger partial charge in [0.05, 0.1) is 19.5 Å². The van der Waals surface area contributed by atoms with E-state index in [0.29, 0.717) is 18.2 Å². The fourth-order valence-corrected chi connectivity index (χ4v) is 1.53. The van der Waals surface area contributed by atoms with Crippen LogP contribution in [0.5, 0.6) is 5.75 Å². The van der Waals surface area contributed by atoms with Crippen LogP contribution in [0.3, 0.4) is 0 Å². The van der Waals surface area contributed by atoms with E-state index < -0.39 is 0 Å². The van der Waals surface area contributed by atoms with Crippen molar-refractivity contribution in [2.45, 2.75) is 6.54 Å². The summed E-state index contributed by atoms with van der Waals surface area (Å²) < 4.78 is 4.98. The third-order valence-corrected chi connectivity index (χ3v) is 2.63. The number of hydrogen-bond acceptors (Lipinski definition) is 4. The smallest absolute Gasteiger partial charge is 0.223 e. The van der Waals surface area contributed by atoms with E-state index in [1.54, 1.807) is 19.5 Å². The molecule has 1 aromatic carbocycles. The SMILES string of the molecule is COc1cnc(NCc2ccccc2Cl)nc1. The van der Waals surface area contributed by atoms with Crippen molar-refractivity contribution in [3.05, 3.63) is 47.2 Å². The summed E-state index contributed by atoms with van der Waals surface area (Å²) in [6.45, 7) is 0.589. The van der Waals surface area contributed by atoms with Crippen molar-refractivity contribution in [2.75, 3.05) is 12.4 Å². The van der Waals surface area contributed by atoms with Gasteiger partial charge in [-0.05, 0) is 11.6 Å². The second-order valence-corrected chi connectivity index (χ2v) is 3.80. The summed E-state index contributed by atoms with van der Waals surface area (Å²) in [6.07, 6.45) is 3.23. The molecule has 2 aromatic rings. The number of methoxy groups -OCH3 is 1. The second kappa shape index (κ2) is 5.50. The van der Waals surface area contributed by atoms with E-state index >= 15 is 0 Å². The topological polar surface area (TPSA) is 47.0 Å². The van der Waals surface area contributed by atoms with Gasteiger partial charge < -0.3 is 10.1 Å². The Morgan fingerprint density at radius 1 is 1.24 bits per heavy atom. The van der Waals surface area contributed by atoms with E-state index in [1.165, 1.54) is 0 Å². The van der Waals surface area contributed by atoms with Gasteiger partial charge in [-0.25, -0.2) is 9.97 Å². The van der Waals surface area contributed by atoms with Crippen LogP contribution in [-0.4, -0.2) is 17.1 Å². The van der Waals surface area contributed by atoms with Gasteiger partial charge in [0.25, 0.3) is 0 Å². The minimum atomic E-state index is 0.547. The van der Waals surface area contributed by atoms with Crippen LogP contribution in [0.1, 0.15) is 5.56 Å². The van der Waals surface area contributed by atoms with Gasteiger partial charge in [0.15, 0.2) is 5.75 Å². The molecular weight excluding hydrogens is 238 g/mol. The van der Waals surface area contributed by atoms with Gasteiger partial charge in [0.1, 0.15) is 0 Å². The van der Waals surface area contributed by atoms with Crippen molar-refractivity contribution in [1.29, 1.82) is 0 Å². The molecule has 0 amide bonds. The molecule has 0 aliphatic rings. The second-order valence-electron chi connectivity index (χ2n) is 3.39. The van der Waals surface area contributed by atoms with E-state index in [4.69, 9.17) is 16.3 Å². The maximum absolute atomic E-state index is 6.04. The first kappa shape index (κ1) is 11.7. The van der Waals surface area contributed by atoms with Crippen molar-refractivity contribution in [3.63, 3.8) is 0 Å². The summed E-state index contributed by atoms with van der Waals surface area (Å²) in [5.74, 6) is 1.18. The van der Waals surface area contributed by atoms with Gasteiger partial charge in [-0.15, -0.1) is 0 Å². The molecule has 88 valence electrons. The van der Waals surface area contributed by atoms with E-state index in [0.717, 1.165) is 10.6 Å². The predicted molar refractivity (Wildman–Crippen MR) is 67.4 cm³/mol. The lowest BCUT2D eigenvalue weighted by Crippen LogP contribution is -2.03. The number of nitrogens with zero attached hydrogens (tertiary/aromatic N) is 2. The van der Waals surface area contributed by atoms with Gasteiger partial charge >= 0.3 is 0 Å². The Bertz CT molecular complexity index is 487. The average Bonchev–Trinajstić information content (AvgIpc) is 2.38. The highest BCUT2D eigenvalue weighted by Crippen LogP contribution is 2.16. The molecule has 0 aliphatic heterocycles. The average molecular weight is 250 g/mol. The van der Waals surface area contributed by atoms with Gasteiger partial charge in [-0.1, -0.05) is 29.8 Å². The Balaban J connectivity index is 2.00. The molecule has 0 fully saturated rings. The summed E-state index contributed by atoms with van der Waals surface area (Å²) in [4.78, 5) is 8.21. The van der Waals surface area contributed by atoms with E-state index in [2.05, 4.69) is 15.3 Å². The first-order valence-corrected chi connectivity index (χ1v) is 5.50. The Labute approximate surface area is 105 Å². The van der Waals surface area contributed by atoms with E-state index in [1.807, 2.05) is 24.3 Å². The van der Waals surface area contributed by atoms with Crippen LogP contribution in [0, 0.1) is 0 Å². The summed E-state index contributed by atoms with van der Waals surface area (Å²) in [5.41, 5.74) is 1.01. The fourth-order valence-electron chi connectivity index (χ4n) is 1.33. The van der Waals surface area contributed by atoms with Crippen LogP contribution < -0.4 is 10.1 Å². The molecule has 1 aromatic heterocycles. The Hall–Kier alpha value is -1.81. The number of hydrogen-bond donors (Lipinski definition) is 1. The number of nitrogens with one attached hydrogen (secondary N) is 1. The molecule has 0 saturated carbocycles. The fraction of sp³-hybridized carbons (Fsp3) is 0.167. The molecule has 0 saturated heterocycles. The molecule has 4 nitrogen and oxygen atoms in total. The summed E-state index contributed by atoms with van der Waals surface area (Å²) in [5, 5.41) is 3.82. The maximum Gasteiger partial charge on any atom is 0.223 e.